The van der Waals surface area contributed by atoms with Crippen LogP contribution in [0.25, 0.3) is 0 Å². The Labute approximate surface area is 155 Å². The topological polar surface area (TPSA) is 58.6 Å². The fourth-order valence-electron chi connectivity index (χ4n) is 5.76. The third-order valence-corrected chi connectivity index (χ3v) is 6.77. The zero-order valence-electron chi connectivity index (χ0n) is 16.4. The van der Waals surface area contributed by atoms with Gasteiger partial charge in [0.15, 0.2) is 0 Å². The number of fused-ring (bicyclic) bond motifs is 1. The normalized spacial score (nSPS) is 30.8. The van der Waals surface area contributed by atoms with Crippen molar-refractivity contribution in [3.63, 3.8) is 0 Å². The van der Waals surface area contributed by atoms with E-state index in [1.165, 1.54) is 12.7 Å². The molecule has 1 aromatic rings. The second-order valence-corrected chi connectivity index (χ2v) is 9.07. The van der Waals surface area contributed by atoms with E-state index in [9.17, 15) is 4.79 Å². The average molecular weight is 358 g/mol. The number of aromatic nitrogens is 2. The summed E-state index contributed by atoms with van der Waals surface area (Å²) in [6.45, 7) is 15.0. The summed E-state index contributed by atoms with van der Waals surface area (Å²) in [6, 6.07) is 0. The largest absolute Gasteiger partial charge is 0.379 e. The molecular formula is C20H30N4O2. The molecule has 3 fully saturated rings. The van der Waals surface area contributed by atoms with E-state index in [4.69, 9.17) is 4.74 Å². The lowest BCUT2D eigenvalue weighted by molar-refractivity contribution is -0.0966. The van der Waals surface area contributed by atoms with Crippen molar-refractivity contribution in [2.75, 3.05) is 45.9 Å². The van der Waals surface area contributed by atoms with Crippen LogP contribution in [-0.2, 0) is 4.74 Å². The molecule has 6 nitrogen and oxygen atoms in total. The highest BCUT2D eigenvalue weighted by Gasteiger charge is 2.63. The van der Waals surface area contributed by atoms with Gasteiger partial charge >= 0.3 is 0 Å². The number of ether oxygens (including phenoxy) is 1. The van der Waals surface area contributed by atoms with E-state index in [0.29, 0.717) is 16.9 Å². The predicted octanol–water partition coefficient (Wildman–Crippen LogP) is 1.91. The standard InChI is InChI=1S/C20H30N4O2/c1-14-17(15(2)22-13-21-14)18(25)24-9-16-19(3,4)10-20(16,12-24)11-23-5-7-26-8-6-23/h13,16H,5-12H2,1-4H3/t16-,20+/m1/s1. The molecule has 3 heterocycles. The Bertz CT molecular complexity index is 694. The van der Waals surface area contributed by atoms with Crippen molar-refractivity contribution in [1.82, 2.24) is 19.8 Å². The van der Waals surface area contributed by atoms with Crippen molar-refractivity contribution in [2.24, 2.45) is 16.7 Å². The van der Waals surface area contributed by atoms with Crippen LogP contribution in [0.1, 0.15) is 42.0 Å². The van der Waals surface area contributed by atoms with Crippen LogP contribution in [0.5, 0.6) is 0 Å². The van der Waals surface area contributed by atoms with Crippen LogP contribution in [0.15, 0.2) is 6.33 Å². The fourth-order valence-corrected chi connectivity index (χ4v) is 5.76. The summed E-state index contributed by atoms with van der Waals surface area (Å²) in [4.78, 5) is 26.4. The molecule has 6 heteroatoms. The maximum atomic E-state index is 13.3. The Morgan fingerprint density at radius 1 is 1.23 bits per heavy atom. The lowest BCUT2D eigenvalue weighted by Gasteiger charge is -2.58. The summed E-state index contributed by atoms with van der Waals surface area (Å²) < 4.78 is 5.51. The summed E-state index contributed by atoms with van der Waals surface area (Å²) in [7, 11) is 0. The smallest absolute Gasteiger partial charge is 0.257 e. The molecule has 2 aliphatic heterocycles. The van der Waals surface area contributed by atoms with Crippen LogP contribution in [-0.4, -0.2) is 71.6 Å². The third kappa shape index (κ3) is 2.83. The Morgan fingerprint density at radius 2 is 1.88 bits per heavy atom. The van der Waals surface area contributed by atoms with Gasteiger partial charge in [0.05, 0.1) is 30.2 Å². The fraction of sp³-hybridized carbons (Fsp3) is 0.750. The van der Waals surface area contributed by atoms with Gasteiger partial charge in [0, 0.05) is 38.1 Å². The van der Waals surface area contributed by atoms with Crippen LogP contribution in [0.2, 0.25) is 0 Å². The van der Waals surface area contributed by atoms with Gasteiger partial charge in [0.25, 0.3) is 5.91 Å². The van der Waals surface area contributed by atoms with Gasteiger partial charge < -0.3 is 9.64 Å². The number of hydrogen-bond acceptors (Lipinski definition) is 5. The maximum absolute atomic E-state index is 13.3. The number of amides is 1. The number of carbonyl (C=O) groups is 1. The number of rotatable bonds is 3. The van der Waals surface area contributed by atoms with Crippen molar-refractivity contribution in [1.29, 1.82) is 0 Å². The van der Waals surface area contributed by atoms with Crippen molar-refractivity contribution in [3.05, 3.63) is 23.3 Å². The van der Waals surface area contributed by atoms with Crippen LogP contribution < -0.4 is 0 Å². The minimum absolute atomic E-state index is 0.104. The zero-order chi connectivity index (χ0) is 18.5. The second-order valence-electron chi connectivity index (χ2n) is 9.07. The Balaban J connectivity index is 1.56. The van der Waals surface area contributed by atoms with Gasteiger partial charge in [-0.15, -0.1) is 0 Å². The number of aryl methyl sites for hydroxylation is 2. The van der Waals surface area contributed by atoms with Gasteiger partial charge in [-0.1, -0.05) is 13.8 Å². The van der Waals surface area contributed by atoms with Crippen molar-refractivity contribution in [2.45, 2.75) is 34.1 Å². The van der Waals surface area contributed by atoms with E-state index in [1.807, 2.05) is 13.8 Å². The zero-order valence-corrected chi connectivity index (χ0v) is 16.4. The molecule has 1 saturated carbocycles. The lowest BCUT2D eigenvalue weighted by Crippen LogP contribution is -2.59. The van der Waals surface area contributed by atoms with Gasteiger partial charge in [-0.2, -0.15) is 0 Å². The number of nitrogens with zero attached hydrogens (tertiary/aromatic N) is 4. The minimum Gasteiger partial charge on any atom is -0.379 e. The van der Waals surface area contributed by atoms with E-state index in [-0.39, 0.29) is 11.3 Å². The minimum atomic E-state index is 0.104. The third-order valence-electron chi connectivity index (χ3n) is 6.77. The maximum Gasteiger partial charge on any atom is 0.257 e. The van der Waals surface area contributed by atoms with E-state index >= 15 is 0 Å². The summed E-state index contributed by atoms with van der Waals surface area (Å²) in [5.74, 6) is 0.666. The molecule has 2 saturated heterocycles. The molecule has 26 heavy (non-hydrogen) atoms. The first-order valence-corrected chi connectivity index (χ1v) is 9.70. The van der Waals surface area contributed by atoms with Crippen LogP contribution in [0.3, 0.4) is 0 Å². The molecule has 1 amide bonds. The van der Waals surface area contributed by atoms with Crippen molar-refractivity contribution < 1.29 is 9.53 Å². The molecule has 1 aliphatic carbocycles. The molecule has 0 N–H and O–H groups in total. The van der Waals surface area contributed by atoms with Gasteiger partial charge in [-0.3, -0.25) is 9.69 Å². The SMILES string of the molecule is Cc1ncnc(C)c1C(=O)N1C[C@@H]2C(C)(C)C[C@]2(CN2CCOCC2)C1. The van der Waals surface area contributed by atoms with Gasteiger partial charge in [0.2, 0.25) is 0 Å². The Morgan fingerprint density at radius 3 is 2.50 bits per heavy atom. The monoisotopic (exact) mass is 358 g/mol. The van der Waals surface area contributed by atoms with E-state index in [0.717, 1.165) is 57.3 Å². The van der Waals surface area contributed by atoms with Crippen LogP contribution in [0, 0.1) is 30.6 Å². The van der Waals surface area contributed by atoms with Crippen molar-refractivity contribution >= 4 is 5.91 Å². The number of morpholine rings is 1. The summed E-state index contributed by atoms with van der Waals surface area (Å²) >= 11 is 0. The first-order chi connectivity index (χ1) is 12.3. The first kappa shape index (κ1) is 17.9. The summed E-state index contributed by atoms with van der Waals surface area (Å²) in [5, 5.41) is 0. The Kier molecular flexibility index (Phi) is 4.31. The molecule has 0 spiro atoms. The molecule has 0 aromatic carbocycles. The summed E-state index contributed by atoms with van der Waals surface area (Å²) in [6.07, 6.45) is 2.73. The highest BCUT2D eigenvalue weighted by molar-refractivity contribution is 5.96. The van der Waals surface area contributed by atoms with Gasteiger partial charge in [-0.05, 0) is 31.6 Å². The molecule has 1 aromatic heterocycles. The van der Waals surface area contributed by atoms with Crippen LogP contribution >= 0.6 is 0 Å². The molecule has 0 bridgehead atoms. The average Bonchev–Trinajstić information content (AvgIpc) is 2.90. The molecule has 142 valence electrons. The number of hydrogen-bond donors (Lipinski definition) is 0. The predicted molar refractivity (Wildman–Crippen MR) is 99.0 cm³/mol. The van der Waals surface area contributed by atoms with Gasteiger partial charge in [-0.25, -0.2) is 9.97 Å². The van der Waals surface area contributed by atoms with Gasteiger partial charge in [0.1, 0.15) is 6.33 Å². The van der Waals surface area contributed by atoms with E-state index in [1.54, 1.807) is 0 Å². The highest BCUT2D eigenvalue weighted by atomic mass is 16.5. The number of carbonyl (C=O) groups excluding carboxylic acids is 1. The Hall–Kier alpha value is -1.53. The van der Waals surface area contributed by atoms with E-state index < -0.39 is 0 Å². The first-order valence-electron chi connectivity index (χ1n) is 9.70. The molecule has 2 atom stereocenters. The van der Waals surface area contributed by atoms with Crippen LogP contribution in [0.4, 0.5) is 0 Å². The molecule has 0 unspecified atom stereocenters. The number of likely N-dealkylation sites (tertiary alicyclic amines) is 1. The lowest BCUT2D eigenvalue weighted by atomic mass is 9.48. The molecule has 0 radical (unpaired) electrons. The highest BCUT2D eigenvalue weighted by Crippen LogP contribution is 2.63. The second kappa shape index (κ2) is 6.27. The molecule has 3 aliphatic rings. The quantitative estimate of drug-likeness (QED) is 0.826. The molecule has 4 rings (SSSR count). The van der Waals surface area contributed by atoms with E-state index in [2.05, 4.69) is 33.6 Å². The summed E-state index contributed by atoms with van der Waals surface area (Å²) in [5.41, 5.74) is 2.78. The molecular weight excluding hydrogens is 328 g/mol. The van der Waals surface area contributed by atoms with Crippen molar-refractivity contribution in [3.8, 4) is 0 Å².